The molecule has 0 unspecified atom stereocenters. The van der Waals surface area contributed by atoms with Gasteiger partial charge in [-0.05, 0) is 30.5 Å². The second-order valence-electron chi connectivity index (χ2n) is 5.00. The molecule has 2 aromatic rings. The van der Waals surface area contributed by atoms with E-state index in [9.17, 15) is 19.7 Å². The monoisotopic (exact) mass is 364 g/mol. The minimum absolute atomic E-state index is 0.0774. The third-order valence-corrected chi connectivity index (χ3v) is 4.17. The minimum Gasteiger partial charge on any atom is -0.482 e. The van der Waals surface area contributed by atoms with Gasteiger partial charge in [0.1, 0.15) is 5.75 Å². The van der Waals surface area contributed by atoms with Crippen molar-refractivity contribution in [2.45, 2.75) is 13.0 Å². The maximum atomic E-state index is 11.7. The summed E-state index contributed by atoms with van der Waals surface area (Å²) in [4.78, 5) is 34.3. The molecular formula is C16H16N2O6S. The van der Waals surface area contributed by atoms with Crippen LogP contribution in [0.4, 0.5) is 5.69 Å². The number of hydrogen-bond acceptors (Lipinski definition) is 7. The Bertz CT molecular complexity index is 730. The molecule has 0 radical (unpaired) electrons. The molecule has 0 fully saturated rings. The Balaban J connectivity index is 1.69. The molecule has 0 saturated carbocycles. The minimum atomic E-state index is -0.711. The van der Waals surface area contributed by atoms with Crippen LogP contribution < -0.4 is 10.1 Å². The fraction of sp³-hybridized carbons (Fsp3) is 0.250. The van der Waals surface area contributed by atoms with E-state index in [4.69, 9.17) is 9.47 Å². The summed E-state index contributed by atoms with van der Waals surface area (Å²) in [7, 11) is 0. The number of carbonyl (C=O) groups is 2. The van der Waals surface area contributed by atoms with E-state index in [0.29, 0.717) is 5.75 Å². The summed E-state index contributed by atoms with van der Waals surface area (Å²) < 4.78 is 9.97. The fourth-order valence-electron chi connectivity index (χ4n) is 1.89. The van der Waals surface area contributed by atoms with Gasteiger partial charge in [0.15, 0.2) is 13.2 Å². The molecule has 1 aromatic heterocycles. The van der Waals surface area contributed by atoms with E-state index in [1.807, 2.05) is 24.4 Å². The van der Waals surface area contributed by atoms with Crippen molar-refractivity contribution in [2.75, 3.05) is 13.2 Å². The third-order valence-electron chi connectivity index (χ3n) is 3.12. The molecule has 2 rings (SSSR count). The molecule has 0 spiro atoms. The van der Waals surface area contributed by atoms with E-state index in [0.717, 1.165) is 4.88 Å². The summed E-state index contributed by atoms with van der Waals surface area (Å²) in [5, 5.41) is 15.2. The molecule has 0 aliphatic rings. The van der Waals surface area contributed by atoms with Crippen LogP contribution in [0.5, 0.6) is 5.75 Å². The first-order valence-corrected chi connectivity index (χ1v) is 8.19. The number of carbonyl (C=O) groups excluding carboxylic acids is 2. The molecule has 8 nitrogen and oxygen atoms in total. The lowest BCUT2D eigenvalue weighted by atomic mass is 10.3. The van der Waals surface area contributed by atoms with Crippen LogP contribution in [-0.2, 0) is 14.3 Å². The lowest BCUT2D eigenvalue weighted by Gasteiger charge is -2.12. The number of hydrogen-bond donors (Lipinski definition) is 1. The number of thiophene rings is 1. The number of esters is 1. The Morgan fingerprint density at radius 2 is 1.96 bits per heavy atom. The number of nitrogens with zero attached hydrogens (tertiary/aromatic N) is 1. The molecule has 0 bridgehead atoms. The van der Waals surface area contributed by atoms with Crippen LogP contribution in [0.3, 0.4) is 0 Å². The number of benzene rings is 1. The van der Waals surface area contributed by atoms with E-state index < -0.39 is 30.0 Å². The lowest BCUT2D eigenvalue weighted by Crippen LogP contribution is -2.31. The Hall–Kier alpha value is -2.94. The van der Waals surface area contributed by atoms with E-state index in [2.05, 4.69) is 5.32 Å². The Morgan fingerprint density at radius 1 is 1.24 bits per heavy atom. The van der Waals surface area contributed by atoms with Gasteiger partial charge in [0.25, 0.3) is 11.6 Å². The van der Waals surface area contributed by atoms with Gasteiger partial charge in [0.2, 0.25) is 0 Å². The van der Waals surface area contributed by atoms with Gasteiger partial charge in [0, 0.05) is 17.0 Å². The van der Waals surface area contributed by atoms with Gasteiger partial charge in [-0.25, -0.2) is 4.79 Å². The van der Waals surface area contributed by atoms with Crippen LogP contribution in [0.25, 0.3) is 0 Å². The highest BCUT2D eigenvalue weighted by Gasteiger charge is 2.13. The normalized spacial score (nSPS) is 11.4. The molecule has 25 heavy (non-hydrogen) atoms. The Kier molecular flexibility index (Phi) is 6.47. The molecule has 1 atom stereocenters. The van der Waals surface area contributed by atoms with Crippen molar-refractivity contribution in [3.8, 4) is 5.75 Å². The second kappa shape index (κ2) is 8.78. The summed E-state index contributed by atoms with van der Waals surface area (Å²) in [6.07, 6.45) is 0. The van der Waals surface area contributed by atoms with Crippen LogP contribution in [0.15, 0.2) is 41.8 Å². The largest absolute Gasteiger partial charge is 0.482 e. The van der Waals surface area contributed by atoms with Crippen molar-refractivity contribution in [3.63, 3.8) is 0 Å². The number of nitro groups is 1. The van der Waals surface area contributed by atoms with Crippen molar-refractivity contribution < 1.29 is 24.0 Å². The Labute approximate surface area is 147 Å². The number of ether oxygens (including phenoxy) is 2. The van der Waals surface area contributed by atoms with Gasteiger partial charge in [-0.1, -0.05) is 6.07 Å². The first-order valence-electron chi connectivity index (χ1n) is 7.31. The fourth-order valence-corrected chi connectivity index (χ4v) is 2.62. The molecular weight excluding hydrogens is 348 g/mol. The van der Waals surface area contributed by atoms with E-state index in [1.165, 1.54) is 35.6 Å². The number of nitro benzene ring substituents is 1. The molecule has 9 heteroatoms. The topological polar surface area (TPSA) is 108 Å². The summed E-state index contributed by atoms with van der Waals surface area (Å²) in [6.45, 7) is 1.03. The summed E-state index contributed by atoms with van der Waals surface area (Å²) in [6, 6.07) is 8.90. The van der Waals surface area contributed by atoms with Gasteiger partial charge in [-0.3, -0.25) is 14.9 Å². The van der Waals surface area contributed by atoms with Crippen LogP contribution in [-0.4, -0.2) is 30.0 Å². The quantitative estimate of drug-likeness (QED) is 0.438. The maximum absolute atomic E-state index is 11.7. The van der Waals surface area contributed by atoms with Gasteiger partial charge >= 0.3 is 5.97 Å². The van der Waals surface area contributed by atoms with E-state index in [1.54, 1.807) is 0 Å². The summed E-state index contributed by atoms with van der Waals surface area (Å²) in [5.41, 5.74) is -0.0774. The van der Waals surface area contributed by atoms with Crippen molar-refractivity contribution in [1.82, 2.24) is 5.32 Å². The number of non-ortho nitro benzene ring substituents is 1. The highest BCUT2D eigenvalue weighted by Crippen LogP contribution is 2.18. The predicted molar refractivity (Wildman–Crippen MR) is 90.4 cm³/mol. The standard InChI is InChI=1S/C16H16N2O6S/c1-11(14-3-2-8-25-14)17-15(19)9-24-16(20)10-23-13-6-4-12(5-7-13)18(21)22/h2-8,11H,9-10H2,1H3,(H,17,19)/t11-/m0/s1. The molecule has 0 saturated heterocycles. The van der Waals surface area contributed by atoms with Crippen molar-refractivity contribution in [1.29, 1.82) is 0 Å². The molecule has 132 valence electrons. The average Bonchev–Trinajstić information content (AvgIpc) is 3.13. The summed E-state index contributed by atoms with van der Waals surface area (Å²) in [5.74, 6) is -0.833. The van der Waals surface area contributed by atoms with E-state index >= 15 is 0 Å². The van der Waals surface area contributed by atoms with Crippen LogP contribution in [0.1, 0.15) is 17.8 Å². The lowest BCUT2D eigenvalue weighted by molar-refractivity contribution is -0.384. The molecule has 1 amide bonds. The zero-order valence-corrected chi connectivity index (χ0v) is 14.2. The zero-order chi connectivity index (χ0) is 18.2. The summed E-state index contributed by atoms with van der Waals surface area (Å²) >= 11 is 1.52. The van der Waals surface area contributed by atoms with E-state index in [-0.39, 0.29) is 11.7 Å². The molecule has 1 N–H and O–H groups in total. The molecule has 1 heterocycles. The van der Waals surface area contributed by atoms with Crippen molar-refractivity contribution in [2.24, 2.45) is 0 Å². The second-order valence-corrected chi connectivity index (χ2v) is 5.98. The number of nitrogens with one attached hydrogen (secondary N) is 1. The van der Waals surface area contributed by atoms with Crippen LogP contribution in [0.2, 0.25) is 0 Å². The SMILES string of the molecule is C[C@H](NC(=O)COC(=O)COc1ccc([N+](=O)[O-])cc1)c1cccs1. The smallest absolute Gasteiger partial charge is 0.344 e. The maximum Gasteiger partial charge on any atom is 0.344 e. The Morgan fingerprint density at radius 3 is 2.56 bits per heavy atom. The molecule has 0 aliphatic heterocycles. The van der Waals surface area contributed by atoms with Crippen LogP contribution in [0, 0.1) is 10.1 Å². The number of amides is 1. The van der Waals surface area contributed by atoms with Gasteiger partial charge in [-0.15, -0.1) is 11.3 Å². The van der Waals surface area contributed by atoms with Crippen LogP contribution >= 0.6 is 11.3 Å². The first kappa shape index (κ1) is 18.4. The zero-order valence-electron chi connectivity index (χ0n) is 13.3. The number of rotatable bonds is 8. The average molecular weight is 364 g/mol. The molecule has 1 aromatic carbocycles. The van der Waals surface area contributed by atoms with Gasteiger partial charge in [0.05, 0.1) is 11.0 Å². The third kappa shape index (κ3) is 5.88. The molecule has 0 aliphatic carbocycles. The highest BCUT2D eigenvalue weighted by atomic mass is 32.1. The predicted octanol–water partition coefficient (Wildman–Crippen LogP) is 2.46. The van der Waals surface area contributed by atoms with Gasteiger partial charge in [-0.2, -0.15) is 0 Å². The highest BCUT2D eigenvalue weighted by molar-refractivity contribution is 7.10. The first-order chi connectivity index (χ1) is 12.0. The van der Waals surface area contributed by atoms with Gasteiger partial charge < -0.3 is 14.8 Å². The van der Waals surface area contributed by atoms with Crippen molar-refractivity contribution in [3.05, 3.63) is 56.8 Å². The van der Waals surface area contributed by atoms with Crippen molar-refractivity contribution >= 4 is 28.9 Å².